The van der Waals surface area contributed by atoms with Crippen molar-refractivity contribution in [1.29, 1.82) is 0 Å². The van der Waals surface area contributed by atoms with Crippen LogP contribution >= 0.6 is 0 Å². The van der Waals surface area contributed by atoms with E-state index in [0.29, 0.717) is 36.8 Å². The van der Waals surface area contributed by atoms with E-state index in [1.165, 1.54) is 0 Å². The second kappa shape index (κ2) is 8.49. The van der Waals surface area contributed by atoms with Gasteiger partial charge >= 0.3 is 5.97 Å². The van der Waals surface area contributed by atoms with Gasteiger partial charge in [-0.05, 0) is 37.3 Å². The molecule has 1 aliphatic rings. The first-order valence-corrected chi connectivity index (χ1v) is 8.51. The Balaban J connectivity index is 1.56. The molecular weight excluding hydrogens is 334 g/mol. The molecule has 3 rings (SSSR count). The van der Waals surface area contributed by atoms with Crippen LogP contribution in [0.5, 0.6) is 11.5 Å². The zero-order chi connectivity index (χ0) is 18.4. The van der Waals surface area contributed by atoms with Gasteiger partial charge in [0, 0.05) is 13.1 Å². The largest absolute Gasteiger partial charge is 0.457 e. The lowest BCUT2D eigenvalue weighted by Gasteiger charge is -2.30. The second-order valence-corrected chi connectivity index (χ2v) is 6.04. The maximum absolute atomic E-state index is 12.2. The Morgan fingerprint density at radius 2 is 1.88 bits per heavy atom. The van der Waals surface area contributed by atoms with E-state index in [1.807, 2.05) is 37.3 Å². The third-order valence-corrected chi connectivity index (χ3v) is 3.97. The molecular formula is C20H21NO5. The summed E-state index contributed by atoms with van der Waals surface area (Å²) in [6, 6.07) is 16.0. The van der Waals surface area contributed by atoms with Gasteiger partial charge < -0.3 is 19.1 Å². The predicted molar refractivity (Wildman–Crippen MR) is 95.2 cm³/mol. The van der Waals surface area contributed by atoms with E-state index in [1.54, 1.807) is 29.2 Å². The summed E-state index contributed by atoms with van der Waals surface area (Å²) in [4.78, 5) is 26.0. The van der Waals surface area contributed by atoms with Crippen molar-refractivity contribution in [3.05, 3.63) is 60.2 Å². The summed E-state index contributed by atoms with van der Waals surface area (Å²) in [6.07, 6.45) is -0.00443. The van der Waals surface area contributed by atoms with Crippen molar-refractivity contribution < 1.29 is 23.8 Å². The fourth-order valence-corrected chi connectivity index (χ4v) is 2.66. The molecule has 0 saturated carbocycles. The molecule has 1 atom stereocenters. The molecule has 1 aliphatic heterocycles. The third-order valence-electron chi connectivity index (χ3n) is 3.97. The smallest absolute Gasteiger partial charge is 0.338 e. The number of rotatable bonds is 5. The van der Waals surface area contributed by atoms with E-state index >= 15 is 0 Å². The first kappa shape index (κ1) is 17.9. The van der Waals surface area contributed by atoms with Crippen LogP contribution in [0.4, 0.5) is 0 Å². The molecule has 6 nitrogen and oxygen atoms in total. The molecule has 2 aromatic carbocycles. The fraction of sp³-hybridized carbons (Fsp3) is 0.300. The molecule has 2 aromatic rings. The van der Waals surface area contributed by atoms with Crippen LogP contribution in [0.3, 0.4) is 0 Å². The average molecular weight is 355 g/mol. The second-order valence-electron chi connectivity index (χ2n) is 6.04. The van der Waals surface area contributed by atoms with Gasteiger partial charge in [0.15, 0.2) is 6.61 Å². The van der Waals surface area contributed by atoms with Gasteiger partial charge in [-0.2, -0.15) is 0 Å². The van der Waals surface area contributed by atoms with Crippen LogP contribution in [0.1, 0.15) is 17.3 Å². The molecule has 0 aromatic heterocycles. The summed E-state index contributed by atoms with van der Waals surface area (Å²) >= 11 is 0. The molecule has 0 radical (unpaired) electrons. The normalized spacial score (nSPS) is 16.8. The summed E-state index contributed by atoms with van der Waals surface area (Å²) in [6.45, 7) is 3.15. The Morgan fingerprint density at radius 3 is 2.65 bits per heavy atom. The van der Waals surface area contributed by atoms with Gasteiger partial charge in [-0.25, -0.2) is 4.79 Å². The van der Waals surface area contributed by atoms with E-state index in [2.05, 4.69) is 0 Å². The number of hydrogen-bond acceptors (Lipinski definition) is 5. The molecule has 1 heterocycles. The van der Waals surface area contributed by atoms with Crippen molar-refractivity contribution in [3.8, 4) is 11.5 Å². The van der Waals surface area contributed by atoms with Gasteiger partial charge in [-0.15, -0.1) is 0 Å². The highest BCUT2D eigenvalue weighted by atomic mass is 16.5. The van der Waals surface area contributed by atoms with E-state index in [4.69, 9.17) is 14.2 Å². The molecule has 1 fully saturated rings. The topological polar surface area (TPSA) is 65.1 Å². The van der Waals surface area contributed by atoms with Crippen LogP contribution in [0.15, 0.2) is 54.6 Å². The Hall–Kier alpha value is -2.86. The quantitative estimate of drug-likeness (QED) is 0.772. The van der Waals surface area contributed by atoms with Gasteiger partial charge in [0.05, 0.1) is 18.3 Å². The lowest BCUT2D eigenvalue weighted by atomic mass is 10.2. The fourth-order valence-electron chi connectivity index (χ4n) is 2.66. The highest BCUT2D eigenvalue weighted by Gasteiger charge is 2.22. The number of amides is 1. The van der Waals surface area contributed by atoms with Crippen molar-refractivity contribution >= 4 is 11.9 Å². The SMILES string of the molecule is CC1CN(C(=O)COC(=O)c2cccc(Oc3ccccc3)c2)CCO1. The number of para-hydroxylation sites is 1. The number of benzene rings is 2. The summed E-state index contributed by atoms with van der Waals surface area (Å²) < 4.78 is 16.3. The summed E-state index contributed by atoms with van der Waals surface area (Å²) in [5.74, 6) is 0.428. The number of morpholine rings is 1. The van der Waals surface area contributed by atoms with Crippen molar-refractivity contribution in [2.45, 2.75) is 13.0 Å². The summed E-state index contributed by atoms with van der Waals surface area (Å²) in [5.41, 5.74) is 0.335. The molecule has 1 saturated heterocycles. The minimum atomic E-state index is -0.557. The molecule has 1 unspecified atom stereocenters. The zero-order valence-electron chi connectivity index (χ0n) is 14.6. The van der Waals surface area contributed by atoms with Crippen molar-refractivity contribution in [2.75, 3.05) is 26.3 Å². The molecule has 0 spiro atoms. The molecule has 26 heavy (non-hydrogen) atoms. The van der Waals surface area contributed by atoms with Crippen LogP contribution < -0.4 is 4.74 Å². The molecule has 136 valence electrons. The van der Waals surface area contributed by atoms with E-state index in [-0.39, 0.29) is 18.6 Å². The first-order chi connectivity index (χ1) is 12.6. The maximum atomic E-state index is 12.2. The van der Waals surface area contributed by atoms with E-state index in [0.717, 1.165) is 0 Å². The minimum Gasteiger partial charge on any atom is -0.457 e. The minimum absolute atomic E-state index is 0.00443. The van der Waals surface area contributed by atoms with Crippen molar-refractivity contribution in [1.82, 2.24) is 4.90 Å². The van der Waals surface area contributed by atoms with E-state index in [9.17, 15) is 9.59 Å². The Morgan fingerprint density at radius 1 is 1.12 bits per heavy atom. The average Bonchev–Trinajstić information content (AvgIpc) is 2.67. The van der Waals surface area contributed by atoms with Crippen molar-refractivity contribution in [3.63, 3.8) is 0 Å². The maximum Gasteiger partial charge on any atom is 0.338 e. The first-order valence-electron chi connectivity index (χ1n) is 8.51. The highest BCUT2D eigenvalue weighted by molar-refractivity contribution is 5.91. The lowest BCUT2D eigenvalue weighted by Crippen LogP contribution is -2.46. The molecule has 0 aliphatic carbocycles. The molecule has 0 N–H and O–H groups in total. The summed E-state index contributed by atoms with van der Waals surface area (Å²) in [5, 5.41) is 0. The van der Waals surface area contributed by atoms with Crippen LogP contribution in [0.2, 0.25) is 0 Å². The number of esters is 1. The Kier molecular flexibility index (Phi) is 5.86. The molecule has 0 bridgehead atoms. The number of nitrogens with zero attached hydrogens (tertiary/aromatic N) is 1. The van der Waals surface area contributed by atoms with Crippen LogP contribution in [0.25, 0.3) is 0 Å². The zero-order valence-corrected chi connectivity index (χ0v) is 14.6. The molecule has 6 heteroatoms. The van der Waals surface area contributed by atoms with E-state index < -0.39 is 5.97 Å². The monoisotopic (exact) mass is 355 g/mol. The standard InChI is InChI=1S/C20H21NO5/c1-15-13-21(10-11-24-15)19(22)14-25-20(23)16-6-5-9-18(12-16)26-17-7-3-2-4-8-17/h2-9,12,15H,10-11,13-14H2,1H3. The number of carbonyl (C=O) groups excluding carboxylic acids is 2. The van der Waals surface area contributed by atoms with Gasteiger partial charge in [0.25, 0.3) is 5.91 Å². The Bertz CT molecular complexity index is 762. The molecule has 1 amide bonds. The van der Waals surface area contributed by atoms with Gasteiger partial charge in [0.1, 0.15) is 11.5 Å². The number of ether oxygens (including phenoxy) is 3. The lowest BCUT2D eigenvalue weighted by molar-refractivity contribution is -0.141. The third kappa shape index (κ3) is 4.83. The summed E-state index contributed by atoms with van der Waals surface area (Å²) in [7, 11) is 0. The predicted octanol–water partition coefficient (Wildman–Crippen LogP) is 2.88. The van der Waals surface area contributed by atoms with Crippen LogP contribution in [-0.2, 0) is 14.3 Å². The number of hydrogen-bond donors (Lipinski definition) is 0. The van der Waals surface area contributed by atoms with Crippen LogP contribution in [-0.4, -0.2) is 49.2 Å². The number of carbonyl (C=O) groups is 2. The van der Waals surface area contributed by atoms with Gasteiger partial charge in [0.2, 0.25) is 0 Å². The van der Waals surface area contributed by atoms with Gasteiger partial charge in [-0.3, -0.25) is 4.79 Å². The van der Waals surface area contributed by atoms with Crippen molar-refractivity contribution in [2.24, 2.45) is 0 Å². The highest BCUT2D eigenvalue weighted by Crippen LogP contribution is 2.22. The van der Waals surface area contributed by atoms with Crippen LogP contribution in [0, 0.1) is 0 Å². The Labute approximate surface area is 152 Å². The van der Waals surface area contributed by atoms with Gasteiger partial charge in [-0.1, -0.05) is 24.3 Å².